The van der Waals surface area contributed by atoms with E-state index in [9.17, 15) is 18.7 Å². The minimum absolute atomic E-state index is 0.166. The number of hydrogen-bond acceptors (Lipinski definition) is 3. The maximum Gasteiger partial charge on any atom is 0.257 e. The van der Waals surface area contributed by atoms with Gasteiger partial charge in [-0.2, -0.15) is 0 Å². The third-order valence-corrected chi connectivity index (χ3v) is 4.63. The highest BCUT2D eigenvalue weighted by molar-refractivity contribution is 5.93. The summed E-state index contributed by atoms with van der Waals surface area (Å²) in [5.41, 5.74) is 0.177. The molecule has 0 spiro atoms. The van der Waals surface area contributed by atoms with Crippen LogP contribution >= 0.6 is 0 Å². The molecule has 0 saturated carbocycles. The van der Waals surface area contributed by atoms with Gasteiger partial charge in [0.2, 0.25) is 0 Å². The number of carbonyl (C=O) groups is 1. The smallest absolute Gasteiger partial charge is 0.257 e. The molecule has 4 nitrogen and oxygen atoms in total. The van der Waals surface area contributed by atoms with E-state index in [0.29, 0.717) is 37.1 Å². The molecule has 1 amide bonds. The van der Waals surface area contributed by atoms with Crippen molar-refractivity contribution in [3.8, 4) is 0 Å². The predicted octanol–water partition coefficient (Wildman–Crippen LogP) is 3.02. The maximum absolute atomic E-state index is 14.0. The molecular weight excluding hydrogens is 316 g/mol. The van der Waals surface area contributed by atoms with Gasteiger partial charge in [0, 0.05) is 24.6 Å². The molecule has 1 N–H and O–H groups in total. The van der Waals surface area contributed by atoms with Crippen LogP contribution in [0.2, 0.25) is 0 Å². The first-order valence-corrected chi connectivity index (χ1v) is 7.89. The average Bonchev–Trinajstić information content (AvgIpc) is 3.11. The lowest BCUT2D eigenvalue weighted by molar-refractivity contribution is 0.0267. The number of amides is 1. The van der Waals surface area contributed by atoms with Crippen LogP contribution in [-0.2, 0) is 6.42 Å². The van der Waals surface area contributed by atoms with Crippen molar-refractivity contribution in [2.45, 2.75) is 19.3 Å². The van der Waals surface area contributed by atoms with E-state index >= 15 is 0 Å². The molecule has 24 heavy (non-hydrogen) atoms. The molecule has 1 fully saturated rings. The minimum Gasteiger partial charge on any atom is -0.472 e. The summed E-state index contributed by atoms with van der Waals surface area (Å²) in [6.07, 6.45) is 4.47. The lowest BCUT2D eigenvalue weighted by atomic mass is 9.75. The van der Waals surface area contributed by atoms with Gasteiger partial charge in [0.1, 0.15) is 17.9 Å². The van der Waals surface area contributed by atoms with Gasteiger partial charge in [0.05, 0.1) is 18.4 Å². The van der Waals surface area contributed by atoms with E-state index in [1.165, 1.54) is 24.7 Å². The Bertz CT molecular complexity index is 717. The van der Waals surface area contributed by atoms with Gasteiger partial charge in [0.25, 0.3) is 5.91 Å². The van der Waals surface area contributed by atoms with Gasteiger partial charge in [-0.05, 0) is 37.0 Å². The molecule has 3 rings (SSSR count). The number of aliphatic hydroxyl groups is 1. The second-order valence-corrected chi connectivity index (χ2v) is 6.41. The first-order chi connectivity index (χ1) is 11.5. The van der Waals surface area contributed by atoms with Crippen molar-refractivity contribution in [3.05, 3.63) is 59.6 Å². The van der Waals surface area contributed by atoms with Crippen molar-refractivity contribution in [2.24, 2.45) is 5.41 Å². The molecule has 2 heterocycles. The third-order valence-electron chi connectivity index (χ3n) is 4.63. The molecule has 1 aromatic carbocycles. The zero-order chi connectivity index (χ0) is 17.2. The van der Waals surface area contributed by atoms with Crippen molar-refractivity contribution >= 4 is 5.91 Å². The van der Waals surface area contributed by atoms with Gasteiger partial charge in [0.15, 0.2) is 0 Å². The normalized spacial score (nSPS) is 21.0. The molecule has 1 aliphatic heterocycles. The summed E-state index contributed by atoms with van der Waals surface area (Å²) < 4.78 is 32.0. The van der Waals surface area contributed by atoms with E-state index in [0.717, 1.165) is 6.07 Å². The Labute approximate surface area is 138 Å². The van der Waals surface area contributed by atoms with Crippen LogP contribution in [0, 0.1) is 17.0 Å². The summed E-state index contributed by atoms with van der Waals surface area (Å²) >= 11 is 0. The zero-order valence-electron chi connectivity index (χ0n) is 13.2. The third kappa shape index (κ3) is 3.33. The van der Waals surface area contributed by atoms with E-state index in [-0.39, 0.29) is 18.9 Å². The number of benzene rings is 1. The van der Waals surface area contributed by atoms with Gasteiger partial charge in [-0.15, -0.1) is 0 Å². The van der Waals surface area contributed by atoms with E-state index in [4.69, 9.17) is 4.42 Å². The monoisotopic (exact) mass is 335 g/mol. The molecular formula is C18H19F2NO3. The van der Waals surface area contributed by atoms with E-state index in [1.54, 1.807) is 11.0 Å². The number of furan rings is 1. The van der Waals surface area contributed by atoms with E-state index in [1.807, 2.05) is 0 Å². The standard InChI is InChI=1S/C18H19F2NO3/c19-15-3-2-13(16(20)8-15)9-18(12-22)5-1-6-21(11-18)17(23)14-4-7-24-10-14/h2-4,7-8,10,22H,1,5-6,9,11-12H2/t18-/m0/s1. The van der Waals surface area contributed by atoms with Crippen molar-refractivity contribution in [1.29, 1.82) is 0 Å². The number of likely N-dealkylation sites (tertiary alicyclic amines) is 1. The fourth-order valence-corrected chi connectivity index (χ4v) is 3.35. The highest BCUT2D eigenvalue weighted by Gasteiger charge is 2.37. The Kier molecular flexibility index (Phi) is 4.66. The molecule has 1 aliphatic rings. The minimum atomic E-state index is -0.630. The second-order valence-electron chi connectivity index (χ2n) is 6.41. The maximum atomic E-state index is 14.0. The van der Waals surface area contributed by atoms with Crippen LogP contribution in [0.1, 0.15) is 28.8 Å². The number of hydrogen-bond donors (Lipinski definition) is 1. The topological polar surface area (TPSA) is 53.7 Å². The van der Waals surface area contributed by atoms with Crippen LogP contribution in [0.3, 0.4) is 0 Å². The van der Waals surface area contributed by atoms with Crippen LogP contribution in [0.4, 0.5) is 8.78 Å². The van der Waals surface area contributed by atoms with Crippen LogP contribution in [0.25, 0.3) is 0 Å². The molecule has 0 bridgehead atoms. The highest BCUT2D eigenvalue weighted by Crippen LogP contribution is 2.34. The molecule has 0 unspecified atom stereocenters. The molecule has 128 valence electrons. The molecule has 1 aromatic heterocycles. The van der Waals surface area contributed by atoms with Gasteiger partial charge in [-0.25, -0.2) is 8.78 Å². The van der Waals surface area contributed by atoms with Gasteiger partial charge in [-0.1, -0.05) is 6.07 Å². The Hall–Kier alpha value is -2.21. The summed E-state index contributed by atoms with van der Waals surface area (Å²) in [4.78, 5) is 14.1. The second kappa shape index (κ2) is 6.73. The van der Waals surface area contributed by atoms with E-state index in [2.05, 4.69) is 0 Å². The van der Waals surface area contributed by atoms with Crippen LogP contribution in [-0.4, -0.2) is 35.6 Å². The first kappa shape index (κ1) is 16.6. The summed E-state index contributed by atoms with van der Waals surface area (Å²) in [5.74, 6) is -1.42. The molecule has 1 atom stereocenters. The number of halogens is 2. The van der Waals surface area contributed by atoms with E-state index < -0.39 is 17.0 Å². The van der Waals surface area contributed by atoms with Crippen molar-refractivity contribution in [3.63, 3.8) is 0 Å². The van der Waals surface area contributed by atoms with Crippen LogP contribution in [0.5, 0.6) is 0 Å². The first-order valence-electron chi connectivity index (χ1n) is 7.89. The molecule has 0 radical (unpaired) electrons. The van der Waals surface area contributed by atoms with Gasteiger partial charge in [-0.3, -0.25) is 4.79 Å². The lowest BCUT2D eigenvalue weighted by Crippen LogP contribution is -2.49. The lowest BCUT2D eigenvalue weighted by Gasteiger charge is -2.42. The summed E-state index contributed by atoms with van der Waals surface area (Å²) in [7, 11) is 0. The number of rotatable bonds is 4. The van der Waals surface area contributed by atoms with Gasteiger partial charge >= 0.3 is 0 Å². The SMILES string of the molecule is O=C(c1ccoc1)N1CCC[C@](CO)(Cc2ccc(F)cc2F)C1. The zero-order valence-corrected chi connectivity index (χ0v) is 13.2. The molecule has 6 heteroatoms. The molecule has 2 aromatic rings. The Morgan fingerprint density at radius 1 is 1.33 bits per heavy atom. The average molecular weight is 335 g/mol. The van der Waals surface area contributed by atoms with Crippen LogP contribution < -0.4 is 0 Å². The fourth-order valence-electron chi connectivity index (χ4n) is 3.35. The Morgan fingerprint density at radius 2 is 2.17 bits per heavy atom. The molecule has 0 aliphatic carbocycles. The number of nitrogens with zero attached hydrogens (tertiary/aromatic N) is 1. The van der Waals surface area contributed by atoms with Gasteiger partial charge < -0.3 is 14.4 Å². The predicted molar refractivity (Wildman–Crippen MR) is 83.4 cm³/mol. The summed E-state index contributed by atoms with van der Waals surface area (Å²) in [6.45, 7) is 0.737. The Morgan fingerprint density at radius 3 is 2.83 bits per heavy atom. The van der Waals surface area contributed by atoms with Crippen molar-refractivity contribution < 1.29 is 23.1 Å². The fraction of sp³-hybridized carbons (Fsp3) is 0.389. The van der Waals surface area contributed by atoms with Crippen molar-refractivity contribution in [1.82, 2.24) is 4.90 Å². The number of piperidine rings is 1. The Balaban J connectivity index is 1.80. The highest BCUT2D eigenvalue weighted by atomic mass is 19.1. The number of aliphatic hydroxyl groups excluding tert-OH is 1. The summed E-state index contributed by atoms with van der Waals surface area (Å²) in [6, 6.07) is 5.05. The number of carbonyl (C=O) groups excluding carboxylic acids is 1. The quantitative estimate of drug-likeness (QED) is 0.934. The van der Waals surface area contributed by atoms with Crippen LogP contribution in [0.15, 0.2) is 41.2 Å². The molecule has 1 saturated heterocycles. The van der Waals surface area contributed by atoms with Crippen molar-refractivity contribution in [2.75, 3.05) is 19.7 Å². The largest absolute Gasteiger partial charge is 0.472 e. The summed E-state index contributed by atoms with van der Waals surface area (Å²) in [5, 5.41) is 9.93.